The van der Waals surface area contributed by atoms with Crippen LogP contribution in [0.3, 0.4) is 0 Å². The zero-order chi connectivity index (χ0) is 24.7. The van der Waals surface area contributed by atoms with E-state index < -0.39 is 6.04 Å². The highest BCUT2D eigenvalue weighted by Gasteiger charge is 2.29. The second-order valence-electron chi connectivity index (χ2n) is 9.27. The Kier molecular flexibility index (Phi) is 9.84. The van der Waals surface area contributed by atoms with Gasteiger partial charge in [0, 0.05) is 17.6 Å². The molecule has 0 bridgehead atoms. The quantitative estimate of drug-likeness (QED) is 0.390. The van der Waals surface area contributed by atoms with Gasteiger partial charge in [0.25, 0.3) is 5.91 Å². The molecule has 0 spiro atoms. The van der Waals surface area contributed by atoms with E-state index >= 15 is 0 Å². The van der Waals surface area contributed by atoms with Gasteiger partial charge in [0.2, 0.25) is 5.91 Å². The van der Waals surface area contributed by atoms with Crippen LogP contribution in [0.2, 0.25) is 5.02 Å². The van der Waals surface area contributed by atoms with Crippen LogP contribution in [-0.2, 0) is 16.1 Å². The van der Waals surface area contributed by atoms with Crippen molar-refractivity contribution >= 4 is 39.3 Å². The summed E-state index contributed by atoms with van der Waals surface area (Å²) >= 11 is 9.91. The van der Waals surface area contributed by atoms with E-state index in [1.54, 1.807) is 17.9 Å². The first-order chi connectivity index (χ1) is 16.3. The van der Waals surface area contributed by atoms with Crippen molar-refractivity contribution in [1.82, 2.24) is 10.2 Å². The summed E-state index contributed by atoms with van der Waals surface area (Å²) < 4.78 is 6.66. The summed E-state index contributed by atoms with van der Waals surface area (Å²) in [4.78, 5) is 27.9. The van der Waals surface area contributed by atoms with Crippen molar-refractivity contribution in [2.24, 2.45) is 0 Å². The fourth-order valence-electron chi connectivity index (χ4n) is 4.18. The zero-order valence-corrected chi connectivity index (χ0v) is 22.5. The Morgan fingerprint density at radius 2 is 1.82 bits per heavy atom. The summed E-state index contributed by atoms with van der Waals surface area (Å²) in [6.45, 7) is 6.07. The maximum atomic E-state index is 13.3. The number of ether oxygens (including phenoxy) is 1. The minimum atomic E-state index is -0.652. The second kappa shape index (κ2) is 12.6. The van der Waals surface area contributed by atoms with Crippen molar-refractivity contribution in [3.05, 3.63) is 63.1 Å². The molecule has 3 rings (SSSR count). The molecule has 0 unspecified atom stereocenters. The van der Waals surface area contributed by atoms with Crippen LogP contribution in [-0.4, -0.2) is 35.4 Å². The highest BCUT2D eigenvalue weighted by molar-refractivity contribution is 9.10. The van der Waals surface area contributed by atoms with Crippen LogP contribution in [0.25, 0.3) is 0 Å². The standard InChI is InChI=1S/C27H34BrClN2O3/c1-18(2)20-13-14-25(23(28)15-20)34-17-26(32)31(16-21-9-7-8-12-24(21)29)19(3)27(33)30-22-10-5-4-6-11-22/h7-9,12-15,18-19,22H,4-6,10-11,16-17H2,1-3H3,(H,30,33)/t19-/m0/s1. The van der Waals surface area contributed by atoms with Crippen molar-refractivity contribution < 1.29 is 14.3 Å². The van der Waals surface area contributed by atoms with Crippen molar-refractivity contribution in [2.45, 2.75) is 77.4 Å². The lowest BCUT2D eigenvalue weighted by atomic mass is 9.95. The molecular weight excluding hydrogens is 516 g/mol. The van der Waals surface area contributed by atoms with Crippen LogP contribution in [0.5, 0.6) is 5.75 Å². The molecule has 1 atom stereocenters. The Hall–Kier alpha value is -2.05. The molecule has 1 fully saturated rings. The van der Waals surface area contributed by atoms with Crippen LogP contribution < -0.4 is 10.1 Å². The Labute approximate surface area is 216 Å². The van der Waals surface area contributed by atoms with Gasteiger partial charge in [-0.25, -0.2) is 0 Å². The van der Waals surface area contributed by atoms with Gasteiger partial charge in [-0.05, 0) is 70.9 Å². The monoisotopic (exact) mass is 548 g/mol. The predicted molar refractivity (Wildman–Crippen MR) is 140 cm³/mol. The molecule has 1 N–H and O–H groups in total. The fraction of sp³-hybridized carbons (Fsp3) is 0.481. The molecule has 1 aliphatic carbocycles. The van der Waals surface area contributed by atoms with Crippen LogP contribution in [0.1, 0.15) is 69.9 Å². The van der Waals surface area contributed by atoms with E-state index in [0.717, 1.165) is 35.7 Å². The minimum Gasteiger partial charge on any atom is -0.483 e. The van der Waals surface area contributed by atoms with Crippen LogP contribution in [0.4, 0.5) is 0 Å². The average molecular weight is 550 g/mol. The maximum Gasteiger partial charge on any atom is 0.261 e. The first-order valence-corrected chi connectivity index (χ1v) is 13.2. The summed E-state index contributed by atoms with van der Waals surface area (Å²) in [5.41, 5.74) is 1.97. The number of hydrogen-bond donors (Lipinski definition) is 1. The lowest BCUT2D eigenvalue weighted by Crippen LogP contribution is -2.51. The average Bonchev–Trinajstić information content (AvgIpc) is 2.82. The number of hydrogen-bond acceptors (Lipinski definition) is 3. The molecule has 34 heavy (non-hydrogen) atoms. The maximum absolute atomic E-state index is 13.3. The Morgan fingerprint density at radius 1 is 1.12 bits per heavy atom. The molecule has 184 valence electrons. The normalized spacial score (nSPS) is 15.1. The van der Waals surface area contributed by atoms with Gasteiger partial charge in [0.15, 0.2) is 6.61 Å². The summed E-state index contributed by atoms with van der Waals surface area (Å²) in [7, 11) is 0. The van der Waals surface area contributed by atoms with E-state index in [-0.39, 0.29) is 31.0 Å². The topological polar surface area (TPSA) is 58.6 Å². The summed E-state index contributed by atoms with van der Waals surface area (Å²) in [6, 6.07) is 12.8. The molecule has 2 amide bonds. The number of carbonyl (C=O) groups is 2. The first kappa shape index (κ1) is 26.6. The van der Waals surface area contributed by atoms with Gasteiger partial charge in [0.05, 0.1) is 4.47 Å². The Balaban J connectivity index is 1.73. The number of amides is 2. The van der Waals surface area contributed by atoms with E-state index in [2.05, 4.69) is 35.1 Å². The van der Waals surface area contributed by atoms with E-state index in [1.165, 1.54) is 12.0 Å². The molecule has 0 heterocycles. The van der Waals surface area contributed by atoms with Crippen molar-refractivity contribution in [2.75, 3.05) is 6.61 Å². The molecular formula is C27H34BrClN2O3. The molecule has 2 aromatic carbocycles. The second-order valence-corrected chi connectivity index (χ2v) is 10.5. The van der Waals surface area contributed by atoms with Crippen molar-refractivity contribution in [3.63, 3.8) is 0 Å². The summed E-state index contributed by atoms with van der Waals surface area (Å²) in [5.74, 6) is 0.567. The van der Waals surface area contributed by atoms with E-state index in [0.29, 0.717) is 16.7 Å². The van der Waals surface area contributed by atoms with Crippen molar-refractivity contribution in [1.29, 1.82) is 0 Å². The summed E-state index contributed by atoms with van der Waals surface area (Å²) in [5, 5.41) is 3.70. The third kappa shape index (κ3) is 7.22. The molecule has 5 nitrogen and oxygen atoms in total. The van der Waals surface area contributed by atoms with Gasteiger partial charge in [-0.15, -0.1) is 0 Å². The minimum absolute atomic E-state index is 0.144. The van der Waals surface area contributed by atoms with Gasteiger partial charge in [0.1, 0.15) is 11.8 Å². The van der Waals surface area contributed by atoms with Crippen molar-refractivity contribution in [3.8, 4) is 5.75 Å². The molecule has 0 aromatic heterocycles. The van der Waals surface area contributed by atoms with Crippen LogP contribution in [0, 0.1) is 0 Å². The molecule has 1 aliphatic rings. The third-order valence-corrected chi connectivity index (χ3v) is 7.38. The summed E-state index contributed by atoms with van der Waals surface area (Å²) in [6.07, 6.45) is 5.44. The molecule has 0 aliphatic heterocycles. The number of nitrogens with one attached hydrogen (secondary N) is 1. The highest BCUT2D eigenvalue weighted by atomic mass is 79.9. The number of nitrogens with zero attached hydrogens (tertiary/aromatic N) is 1. The molecule has 7 heteroatoms. The SMILES string of the molecule is CC(C)c1ccc(OCC(=O)N(Cc2ccccc2Cl)[C@@H](C)C(=O)NC2CCCCC2)c(Br)c1. The fourth-order valence-corrected chi connectivity index (χ4v) is 4.88. The number of carbonyl (C=O) groups excluding carboxylic acids is 2. The van der Waals surface area contributed by atoms with Gasteiger partial charge in [-0.3, -0.25) is 9.59 Å². The smallest absolute Gasteiger partial charge is 0.261 e. The number of halogens is 2. The first-order valence-electron chi connectivity index (χ1n) is 12.0. The number of benzene rings is 2. The lowest BCUT2D eigenvalue weighted by molar-refractivity contribution is -0.142. The Bertz CT molecular complexity index is 992. The van der Waals surface area contributed by atoms with E-state index in [4.69, 9.17) is 16.3 Å². The van der Waals surface area contributed by atoms with Crippen LogP contribution in [0.15, 0.2) is 46.9 Å². The highest BCUT2D eigenvalue weighted by Crippen LogP contribution is 2.29. The van der Waals surface area contributed by atoms with Crippen LogP contribution >= 0.6 is 27.5 Å². The Morgan fingerprint density at radius 3 is 2.47 bits per heavy atom. The molecule has 0 radical (unpaired) electrons. The third-order valence-electron chi connectivity index (χ3n) is 6.39. The van der Waals surface area contributed by atoms with E-state index in [9.17, 15) is 9.59 Å². The van der Waals surface area contributed by atoms with Gasteiger partial charge in [-0.1, -0.05) is 69.0 Å². The zero-order valence-electron chi connectivity index (χ0n) is 20.2. The van der Waals surface area contributed by atoms with Gasteiger partial charge < -0.3 is 15.0 Å². The molecule has 0 saturated heterocycles. The van der Waals surface area contributed by atoms with Gasteiger partial charge >= 0.3 is 0 Å². The molecule has 1 saturated carbocycles. The van der Waals surface area contributed by atoms with E-state index in [1.807, 2.05) is 36.4 Å². The largest absolute Gasteiger partial charge is 0.483 e. The lowest BCUT2D eigenvalue weighted by Gasteiger charge is -2.31. The van der Waals surface area contributed by atoms with Gasteiger partial charge in [-0.2, -0.15) is 0 Å². The number of rotatable bonds is 9. The predicted octanol–water partition coefficient (Wildman–Crippen LogP) is 6.47. The molecule has 2 aromatic rings.